The zero-order valence-electron chi connectivity index (χ0n) is 12.8. The van der Waals surface area contributed by atoms with Gasteiger partial charge in [-0.2, -0.15) is 0 Å². The molecule has 0 aliphatic rings. The average Bonchev–Trinajstić information content (AvgIpc) is 2.43. The van der Waals surface area contributed by atoms with Gasteiger partial charge >= 0.3 is 0 Å². The first kappa shape index (κ1) is 18.7. The zero-order valence-corrected chi connectivity index (χ0v) is 12.8. The number of phenolic OH excluding ortho intramolecular Hbond substituents is 1. The number of benzene rings is 1. The topological polar surface area (TPSA) is 55.2 Å². The summed E-state index contributed by atoms with van der Waals surface area (Å²) in [5.41, 5.74) is 1.09. The summed E-state index contributed by atoms with van der Waals surface area (Å²) in [6.45, 7) is 3.74. The minimum atomic E-state index is 0. The molecule has 4 N–H and O–H groups in total. The van der Waals surface area contributed by atoms with Crippen molar-refractivity contribution in [2.75, 3.05) is 0 Å². The number of allylic oxidation sites excluding steroid dienone is 1. The summed E-state index contributed by atoms with van der Waals surface area (Å²) in [4.78, 5) is 0. The van der Waals surface area contributed by atoms with Gasteiger partial charge in [0.2, 0.25) is 0 Å². The van der Waals surface area contributed by atoms with E-state index >= 15 is 0 Å². The Balaban J connectivity index is 0.00000361. The van der Waals surface area contributed by atoms with E-state index in [4.69, 9.17) is 0 Å². The number of aromatic hydroxyl groups is 1. The SMILES string of the molecule is C=CCCCCCCCCCCc1ccccc1O.N. The monoisotopic (exact) mass is 277 g/mol. The number of hydrogen-bond donors (Lipinski definition) is 2. The van der Waals surface area contributed by atoms with E-state index in [0.717, 1.165) is 12.0 Å². The third kappa shape index (κ3) is 8.76. The molecule has 0 aromatic heterocycles. The highest BCUT2D eigenvalue weighted by Gasteiger charge is 1.99. The van der Waals surface area contributed by atoms with Gasteiger partial charge in [-0.25, -0.2) is 0 Å². The number of hydrogen-bond acceptors (Lipinski definition) is 2. The van der Waals surface area contributed by atoms with Gasteiger partial charge in [0.1, 0.15) is 5.75 Å². The van der Waals surface area contributed by atoms with Crippen LogP contribution in [0.25, 0.3) is 0 Å². The van der Waals surface area contributed by atoms with Crippen molar-refractivity contribution in [1.82, 2.24) is 6.15 Å². The smallest absolute Gasteiger partial charge is 0.118 e. The molecule has 2 heteroatoms. The lowest BCUT2D eigenvalue weighted by atomic mass is 10.0. The van der Waals surface area contributed by atoms with Gasteiger partial charge in [0.05, 0.1) is 0 Å². The van der Waals surface area contributed by atoms with Crippen LogP contribution >= 0.6 is 0 Å². The van der Waals surface area contributed by atoms with E-state index in [-0.39, 0.29) is 6.15 Å². The Hall–Kier alpha value is -1.28. The van der Waals surface area contributed by atoms with Gasteiger partial charge in [-0.1, -0.05) is 62.8 Å². The van der Waals surface area contributed by atoms with Crippen LogP contribution in [0, 0.1) is 0 Å². The molecule has 0 heterocycles. The maximum absolute atomic E-state index is 9.65. The van der Waals surface area contributed by atoms with Crippen molar-refractivity contribution in [3.63, 3.8) is 0 Å². The number of unbranched alkanes of at least 4 members (excludes halogenated alkanes) is 8. The standard InChI is InChI=1S/C18H28O.H3N/c1-2-3-4-5-6-7-8-9-10-11-14-17-15-12-13-16-18(17)19;/h2,12-13,15-16,19H,1,3-11,14H2;1H3. The molecule has 0 aliphatic carbocycles. The van der Waals surface area contributed by atoms with Crippen LogP contribution in [0.1, 0.15) is 63.4 Å². The van der Waals surface area contributed by atoms with Crippen LogP contribution < -0.4 is 6.15 Å². The van der Waals surface area contributed by atoms with Crippen LogP contribution in [-0.4, -0.2) is 5.11 Å². The number of aryl methyl sites for hydroxylation is 1. The Kier molecular flexibility index (Phi) is 11.9. The molecule has 0 aliphatic heterocycles. The number of para-hydroxylation sites is 1. The van der Waals surface area contributed by atoms with Crippen molar-refractivity contribution in [3.8, 4) is 5.75 Å². The molecule has 0 saturated heterocycles. The average molecular weight is 277 g/mol. The summed E-state index contributed by atoms with van der Waals surface area (Å²) in [6.07, 6.45) is 14.7. The zero-order chi connectivity index (χ0) is 13.8. The predicted octanol–water partition coefficient (Wildman–Crippen LogP) is 5.79. The molecule has 1 aromatic carbocycles. The fraction of sp³-hybridized carbons (Fsp3) is 0.556. The molecule has 0 spiro atoms. The van der Waals surface area contributed by atoms with Crippen molar-refractivity contribution in [2.45, 2.75) is 64.2 Å². The highest BCUT2D eigenvalue weighted by molar-refractivity contribution is 5.31. The lowest BCUT2D eigenvalue weighted by Gasteiger charge is -2.04. The molecule has 1 rings (SSSR count). The normalized spacial score (nSPS) is 10.0. The Morgan fingerprint density at radius 2 is 1.40 bits per heavy atom. The fourth-order valence-electron chi connectivity index (χ4n) is 2.39. The largest absolute Gasteiger partial charge is 0.508 e. The van der Waals surface area contributed by atoms with Gasteiger partial charge in [-0.15, -0.1) is 6.58 Å². The number of rotatable bonds is 11. The third-order valence-electron chi connectivity index (χ3n) is 3.60. The summed E-state index contributed by atoms with van der Waals surface area (Å²) in [7, 11) is 0. The van der Waals surface area contributed by atoms with Crippen molar-refractivity contribution in [3.05, 3.63) is 42.5 Å². The van der Waals surface area contributed by atoms with Crippen molar-refractivity contribution in [1.29, 1.82) is 0 Å². The second-order valence-electron chi connectivity index (χ2n) is 5.28. The fourth-order valence-corrected chi connectivity index (χ4v) is 2.39. The summed E-state index contributed by atoms with van der Waals surface area (Å²) < 4.78 is 0. The van der Waals surface area contributed by atoms with E-state index in [0.29, 0.717) is 5.75 Å². The van der Waals surface area contributed by atoms with Gasteiger partial charge < -0.3 is 11.3 Å². The molecule has 1 aromatic rings. The highest BCUT2D eigenvalue weighted by Crippen LogP contribution is 2.19. The Morgan fingerprint density at radius 1 is 0.850 bits per heavy atom. The van der Waals surface area contributed by atoms with Crippen LogP contribution in [-0.2, 0) is 6.42 Å². The first-order chi connectivity index (χ1) is 9.34. The van der Waals surface area contributed by atoms with E-state index in [1.807, 2.05) is 24.3 Å². The van der Waals surface area contributed by atoms with Crippen LogP contribution in [0.4, 0.5) is 0 Å². The van der Waals surface area contributed by atoms with Crippen LogP contribution in [0.2, 0.25) is 0 Å². The molecule has 0 bridgehead atoms. The summed E-state index contributed by atoms with van der Waals surface area (Å²) in [6, 6.07) is 7.68. The van der Waals surface area contributed by atoms with E-state index in [2.05, 4.69) is 6.58 Å². The van der Waals surface area contributed by atoms with Crippen LogP contribution in [0.5, 0.6) is 5.75 Å². The predicted molar refractivity (Wildman–Crippen MR) is 88.6 cm³/mol. The molecular weight excluding hydrogens is 246 g/mol. The summed E-state index contributed by atoms with van der Waals surface area (Å²) in [5.74, 6) is 0.449. The van der Waals surface area contributed by atoms with Gasteiger partial charge in [-0.3, -0.25) is 0 Å². The summed E-state index contributed by atoms with van der Waals surface area (Å²) in [5, 5.41) is 9.65. The molecule has 2 nitrogen and oxygen atoms in total. The molecule has 0 saturated carbocycles. The molecule has 114 valence electrons. The molecule has 0 fully saturated rings. The van der Waals surface area contributed by atoms with Gasteiger partial charge in [-0.05, 0) is 37.3 Å². The molecule has 0 amide bonds. The van der Waals surface area contributed by atoms with Crippen molar-refractivity contribution < 1.29 is 5.11 Å². The quantitative estimate of drug-likeness (QED) is 0.397. The van der Waals surface area contributed by atoms with E-state index in [1.54, 1.807) is 6.07 Å². The molecule has 0 radical (unpaired) electrons. The molecule has 0 atom stereocenters. The first-order valence-corrected chi connectivity index (χ1v) is 7.72. The Bertz CT molecular complexity index is 349. The molecule has 20 heavy (non-hydrogen) atoms. The summed E-state index contributed by atoms with van der Waals surface area (Å²) >= 11 is 0. The van der Waals surface area contributed by atoms with Crippen LogP contribution in [0.3, 0.4) is 0 Å². The third-order valence-corrected chi connectivity index (χ3v) is 3.60. The Morgan fingerprint density at radius 3 is 2.00 bits per heavy atom. The van der Waals surface area contributed by atoms with Gasteiger partial charge in [0.15, 0.2) is 0 Å². The van der Waals surface area contributed by atoms with Crippen molar-refractivity contribution in [2.24, 2.45) is 0 Å². The maximum atomic E-state index is 9.65. The van der Waals surface area contributed by atoms with E-state index < -0.39 is 0 Å². The maximum Gasteiger partial charge on any atom is 0.118 e. The minimum Gasteiger partial charge on any atom is -0.508 e. The van der Waals surface area contributed by atoms with Crippen LogP contribution in [0.15, 0.2) is 36.9 Å². The second kappa shape index (κ2) is 12.7. The number of phenols is 1. The van der Waals surface area contributed by atoms with Gasteiger partial charge in [0, 0.05) is 0 Å². The van der Waals surface area contributed by atoms with Crippen molar-refractivity contribution >= 4 is 0 Å². The van der Waals surface area contributed by atoms with E-state index in [1.165, 1.54) is 57.8 Å². The van der Waals surface area contributed by atoms with Gasteiger partial charge in [0.25, 0.3) is 0 Å². The lowest BCUT2D eigenvalue weighted by Crippen LogP contribution is -1.87. The highest BCUT2D eigenvalue weighted by atomic mass is 16.3. The minimum absolute atomic E-state index is 0. The molecular formula is C18H31NO. The molecule has 0 unspecified atom stereocenters. The lowest BCUT2D eigenvalue weighted by molar-refractivity contribution is 0.466. The first-order valence-electron chi connectivity index (χ1n) is 7.72. The Labute approximate surface area is 124 Å². The second-order valence-corrected chi connectivity index (χ2v) is 5.28. The van der Waals surface area contributed by atoms with E-state index in [9.17, 15) is 5.11 Å².